The molecular formula is C11H16ClN3O2. The second-order valence-electron chi connectivity index (χ2n) is 4.19. The number of nitrogens with zero attached hydrogens (tertiary/aromatic N) is 1. The molecule has 1 aliphatic heterocycles. The molecule has 2 rings (SSSR count). The number of nitrogens with two attached hydrogens (primary N) is 1. The third kappa shape index (κ3) is 2.87. The van der Waals surface area contributed by atoms with Crippen molar-refractivity contribution in [3.8, 4) is 0 Å². The van der Waals surface area contributed by atoms with Gasteiger partial charge in [0.2, 0.25) is 0 Å². The zero-order chi connectivity index (χ0) is 12.4. The number of aliphatic hydroxyl groups is 1. The van der Waals surface area contributed by atoms with E-state index < -0.39 is 6.10 Å². The fraction of sp³-hybridized carbons (Fsp3) is 0.545. The predicted molar refractivity (Wildman–Crippen MR) is 66.0 cm³/mol. The number of anilines is 1. The van der Waals surface area contributed by atoms with Crippen LogP contribution in [0.1, 0.15) is 17.4 Å². The van der Waals surface area contributed by atoms with Gasteiger partial charge in [0.05, 0.1) is 30.4 Å². The minimum atomic E-state index is -0.638. The number of ether oxygens (including phenoxy) is 1. The van der Waals surface area contributed by atoms with Gasteiger partial charge < -0.3 is 20.9 Å². The summed E-state index contributed by atoms with van der Waals surface area (Å²) in [4.78, 5) is 4.09. The predicted octanol–water partition coefficient (Wildman–Crippen LogP) is 0.647. The Hall–Kier alpha value is -0.880. The quantitative estimate of drug-likeness (QED) is 0.738. The van der Waals surface area contributed by atoms with E-state index in [1.807, 2.05) is 0 Å². The van der Waals surface area contributed by atoms with Crippen LogP contribution >= 0.6 is 11.6 Å². The van der Waals surface area contributed by atoms with E-state index in [1.54, 1.807) is 13.0 Å². The topological polar surface area (TPSA) is 80.4 Å². The van der Waals surface area contributed by atoms with Gasteiger partial charge in [-0.15, -0.1) is 0 Å². The van der Waals surface area contributed by atoms with Crippen molar-refractivity contribution < 1.29 is 9.84 Å². The molecular weight excluding hydrogens is 242 g/mol. The molecule has 0 saturated carbocycles. The Balaban J connectivity index is 2.01. The molecule has 0 aliphatic carbocycles. The van der Waals surface area contributed by atoms with Gasteiger partial charge in [0.1, 0.15) is 5.82 Å². The molecule has 1 fully saturated rings. The van der Waals surface area contributed by atoms with Gasteiger partial charge in [-0.05, 0) is 13.0 Å². The minimum absolute atomic E-state index is 0.292. The lowest BCUT2D eigenvalue weighted by molar-refractivity contribution is -0.00984. The highest BCUT2D eigenvalue weighted by Gasteiger charge is 2.20. The van der Waals surface area contributed by atoms with Crippen LogP contribution in [0.3, 0.4) is 0 Å². The maximum Gasteiger partial charge on any atom is 0.142 e. The summed E-state index contributed by atoms with van der Waals surface area (Å²) in [6, 6.07) is 2.00. The number of hydrogen-bond acceptors (Lipinski definition) is 5. The number of aliphatic hydroxyl groups excluding tert-OH is 1. The molecule has 17 heavy (non-hydrogen) atoms. The number of nitrogen functional groups attached to an aromatic ring is 1. The molecule has 0 bridgehead atoms. The van der Waals surface area contributed by atoms with Crippen molar-refractivity contribution in [1.82, 2.24) is 10.3 Å². The molecule has 5 nitrogen and oxygen atoms in total. The van der Waals surface area contributed by atoms with E-state index in [4.69, 9.17) is 22.1 Å². The van der Waals surface area contributed by atoms with E-state index in [9.17, 15) is 5.11 Å². The van der Waals surface area contributed by atoms with Gasteiger partial charge in [0.15, 0.2) is 0 Å². The van der Waals surface area contributed by atoms with Gasteiger partial charge in [-0.25, -0.2) is 4.98 Å². The van der Waals surface area contributed by atoms with Crippen molar-refractivity contribution in [2.45, 2.75) is 19.1 Å². The molecule has 0 spiro atoms. The van der Waals surface area contributed by atoms with E-state index in [2.05, 4.69) is 10.3 Å². The average molecular weight is 258 g/mol. The molecule has 0 amide bonds. The van der Waals surface area contributed by atoms with Crippen LogP contribution in [-0.4, -0.2) is 35.9 Å². The van der Waals surface area contributed by atoms with Gasteiger partial charge in [-0.1, -0.05) is 11.6 Å². The number of halogens is 1. The normalized spacial score (nSPS) is 17.8. The maximum atomic E-state index is 10.0. The summed E-state index contributed by atoms with van der Waals surface area (Å²) < 4.78 is 5.04. The van der Waals surface area contributed by atoms with Crippen LogP contribution in [0.15, 0.2) is 6.07 Å². The van der Waals surface area contributed by atoms with E-state index >= 15 is 0 Å². The van der Waals surface area contributed by atoms with E-state index in [0.717, 1.165) is 0 Å². The number of aromatic nitrogens is 1. The van der Waals surface area contributed by atoms with Crippen LogP contribution in [0.25, 0.3) is 0 Å². The maximum absolute atomic E-state index is 10.0. The van der Waals surface area contributed by atoms with E-state index in [0.29, 0.717) is 47.9 Å². The van der Waals surface area contributed by atoms with Gasteiger partial charge in [-0.3, -0.25) is 0 Å². The average Bonchev–Trinajstić information content (AvgIpc) is 2.21. The smallest absolute Gasteiger partial charge is 0.142 e. The second kappa shape index (κ2) is 5.18. The van der Waals surface area contributed by atoms with Gasteiger partial charge in [-0.2, -0.15) is 0 Å². The zero-order valence-corrected chi connectivity index (χ0v) is 10.4. The lowest BCUT2D eigenvalue weighted by Crippen LogP contribution is -2.47. The Morgan fingerprint density at radius 2 is 2.41 bits per heavy atom. The molecule has 94 valence electrons. The highest BCUT2D eigenvalue weighted by Crippen LogP contribution is 2.24. The summed E-state index contributed by atoms with van der Waals surface area (Å²) in [6.07, 6.45) is -0.638. The van der Waals surface area contributed by atoms with Crippen LogP contribution in [0.5, 0.6) is 0 Å². The van der Waals surface area contributed by atoms with E-state index in [-0.39, 0.29) is 0 Å². The molecule has 1 aromatic rings. The summed E-state index contributed by atoms with van der Waals surface area (Å²) >= 11 is 5.89. The van der Waals surface area contributed by atoms with Crippen LogP contribution in [0, 0.1) is 6.92 Å². The van der Waals surface area contributed by atoms with Crippen LogP contribution in [0.4, 0.5) is 5.82 Å². The first-order valence-electron chi connectivity index (χ1n) is 5.49. The Morgan fingerprint density at radius 3 is 3.00 bits per heavy atom. The van der Waals surface area contributed by atoms with E-state index in [1.165, 1.54) is 0 Å². The number of pyridine rings is 1. The third-order valence-corrected chi connectivity index (χ3v) is 3.13. The third-order valence-electron chi connectivity index (χ3n) is 2.83. The molecule has 0 aromatic carbocycles. The second-order valence-corrected chi connectivity index (χ2v) is 4.60. The molecule has 1 aliphatic rings. The Morgan fingerprint density at radius 1 is 1.71 bits per heavy atom. The number of rotatable bonds is 4. The summed E-state index contributed by atoms with van der Waals surface area (Å²) in [5.74, 6) is 0.292. The molecule has 1 saturated heterocycles. The molecule has 4 N–H and O–H groups in total. The SMILES string of the molecule is Cc1nc(N)c(Cl)cc1[C@@H](O)CNC1COC1. The summed E-state index contributed by atoms with van der Waals surface area (Å²) in [6.45, 7) is 3.66. The molecule has 1 aromatic heterocycles. The molecule has 0 radical (unpaired) electrons. The standard InChI is InChI=1S/C11H16ClN3O2/c1-6-8(2-9(12)11(13)15-6)10(16)3-14-7-4-17-5-7/h2,7,10,14,16H,3-5H2,1H3,(H2,13,15)/t10-/m0/s1. The first kappa shape index (κ1) is 12.6. The van der Waals surface area contributed by atoms with Crippen molar-refractivity contribution >= 4 is 17.4 Å². The van der Waals surface area contributed by atoms with Crippen LogP contribution < -0.4 is 11.1 Å². The monoisotopic (exact) mass is 257 g/mol. The Bertz CT molecular complexity index is 410. The highest BCUT2D eigenvalue weighted by molar-refractivity contribution is 6.32. The van der Waals surface area contributed by atoms with Crippen molar-refractivity contribution in [3.05, 3.63) is 22.3 Å². The lowest BCUT2D eigenvalue weighted by atomic mass is 10.1. The first-order valence-corrected chi connectivity index (χ1v) is 5.87. The Kier molecular flexibility index (Phi) is 3.83. The minimum Gasteiger partial charge on any atom is -0.387 e. The largest absolute Gasteiger partial charge is 0.387 e. The summed E-state index contributed by atoms with van der Waals surface area (Å²) in [7, 11) is 0. The van der Waals surface area contributed by atoms with Gasteiger partial charge in [0, 0.05) is 17.8 Å². The first-order chi connectivity index (χ1) is 8.08. The van der Waals surface area contributed by atoms with Crippen LogP contribution in [-0.2, 0) is 4.74 Å². The molecule has 0 unspecified atom stereocenters. The van der Waals surface area contributed by atoms with Crippen molar-refractivity contribution in [1.29, 1.82) is 0 Å². The number of hydrogen-bond donors (Lipinski definition) is 3. The van der Waals surface area contributed by atoms with Gasteiger partial charge >= 0.3 is 0 Å². The Labute approximate surface area is 105 Å². The molecule has 2 heterocycles. The van der Waals surface area contributed by atoms with Crippen molar-refractivity contribution in [2.24, 2.45) is 0 Å². The fourth-order valence-electron chi connectivity index (χ4n) is 1.69. The molecule has 6 heteroatoms. The highest BCUT2D eigenvalue weighted by atomic mass is 35.5. The molecule has 1 atom stereocenters. The van der Waals surface area contributed by atoms with Gasteiger partial charge in [0.25, 0.3) is 0 Å². The number of aryl methyl sites for hydroxylation is 1. The van der Waals surface area contributed by atoms with Crippen LogP contribution in [0.2, 0.25) is 5.02 Å². The van der Waals surface area contributed by atoms with Crippen molar-refractivity contribution in [3.63, 3.8) is 0 Å². The number of nitrogens with one attached hydrogen (secondary N) is 1. The van der Waals surface area contributed by atoms with Crippen molar-refractivity contribution in [2.75, 3.05) is 25.5 Å². The summed E-state index contributed by atoms with van der Waals surface area (Å²) in [5.41, 5.74) is 6.99. The zero-order valence-electron chi connectivity index (χ0n) is 9.61. The lowest BCUT2D eigenvalue weighted by Gasteiger charge is -2.28. The summed E-state index contributed by atoms with van der Waals surface area (Å²) in [5, 5.41) is 13.6. The fourth-order valence-corrected chi connectivity index (χ4v) is 1.85.